The van der Waals surface area contributed by atoms with Crippen molar-refractivity contribution >= 4 is 29.2 Å². The molecule has 1 amide bonds. The number of carbonyl (C=O) groups is 1. The van der Waals surface area contributed by atoms with E-state index in [-0.39, 0.29) is 5.91 Å². The van der Waals surface area contributed by atoms with E-state index in [0.717, 1.165) is 5.39 Å². The summed E-state index contributed by atoms with van der Waals surface area (Å²) >= 11 is 5.15. The number of nitrogens with one attached hydrogen (secondary N) is 1. The van der Waals surface area contributed by atoms with Gasteiger partial charge in [-0.25, -0.2) is 9.66 Å². The number of nitrogens with zero attached hydrogens (tertiary/aromatic N) is 2. The molecule has 1 N–H and O–H groups in total. The van der Waals surface area contributed by atoms with Gasteiger partial charge in [-0.3, -0.25) is 10.2 Å². The van der Waals surface area contributed by atoms with E-state index in [1.54, 1.807) is 19.2 Å². The summed E-state index contributed by atoms with van der Waals surface area (Å²) in [6.07, 6.45) is 2.08. The first kappa shape index (κ1) is 10.8. The Morgan fingerprint density at radius 1 is 1.50 bits per heavy atom. The van der Waals surface area contributed by atoms with Gasteiger partial charge in [-0.15, -0.1) is 0 Å². The second kappa shape index (κ2) is 4.40. The van der Waals surface area contributed by atoms with Crippen LogP contribution in [0.4, 0.5) is 0 Å². The molecule has 0 saturated carbocycles. The Balaban J connectivity index is 2.61. The van der Waals surface area contributed by atoms with Crippen LogP contribution in [0.3, 0.4) is 0 Å². The van der Waals surface area contributed by atoms with E-state index in [9.17, 15) is 4.79 Å². The number of pyridine rings is 2. The van der Waals surface area contributed by atoms with Crippen LogP contribution in [0.15, 0.2) is 30.5 Å². The lowest BCUT2D eigenvalue weighted by Gasteiger charge is -2.10. The van der Waals surface area contributed by atoms with Crippen LogP contribution >= 0.6 is 12.2 Å². The minimum Gasteiger partial charge on any atom is -0.273 e. The predicted octanol–water partition coefficient (Wildman–Crippen LogP) is 2.25. The molecule has 2 rings (SSSR count). The van der Waals surface area contributed by atoms with Crippen LogP contribution in [-0.2, 0) is 4.79 Å². The number of hydrogen-bond acceptors (Lipinski definition) is 3. The molecule has 2 aromatic rings. The molecule has 0 bridgehead atoms. The molecule has 0 aliphatic rings. The molecule has 5 heteroatoms. The van der Waals surface area contributed by atoms with Crippen LogP contribution in [0.5, 0.6) is 0 Å². The van der Waals surface area contributed by atoms with Crippen LogP contribution in [0.25, 0.3) is 11.0 Å². The maximum atomic E-state index is 11.4. The van der Waals surface area contributed by atoms with Gasteiger partial charge in [0.25, 0.3) is 0 Å². The Hall–Kier alpha value is -1.75. The fourth-order valence-electron chi connectivity index (χ4n) is 1.38. The Kier molecular flexibility index (Phi) is 2.96. The minimum absolute atomic E-state index is 0.0887. The van der Waals surface area contributed by atoms with Crippen molar-refractivity contribution in [2.45, 2.75) is 13.3 Å². The van der Waals surface area contributed by atoms with Crippen LogP contribution in [0, 0.1) is 4.64 Å². The number of rotatable bonds is 2. The smallest absolute Gasteiger partial charge is 0.238 e. The molecule has 2 heterocycles. The van der Waals surface area contributed by atoms with E-state index in [1.165, 1.54) is 4.68 Å². The topological polar surface area (TPSA) is 46.9 Å². The lowest BCUT2D eigenvalue weighted by atomic mass is 10.3. The fourth-order valence-corrected chi connectivity index (χ4v) is 1.58. The summed E-state index contributed by atoms with van der Waals surface area (Å²) in [6.45, 7) is 1.79. The molecule has 0 atom stereocenters. The Morgan fingerprint density at radius 3 is 3.06 bits per heavy atom. The average molecular weight is 233 g/mol. The molecule has 2 aromatic heterocycles. The molecule has 0 radical (unpaired) electrons. The van der Waals surface area contributed by atoms with Gasteiger partial charge in [-0.2, -0.15) is 0 Å². The summed E-state index contributed by atoms with van der Waals surface area (Å²) in [6, 6.07) is 7.43. The maximum Gasteiger partial charge on any atom is 0.238 e. The van der Waals surface area contributed by atoms with Gasteiger partial charge in [0.15, 0.2) is 5.65 Å². The predicted molar refractivity (Wildman–Crippen MR) is 65.2 cm³/mol. The molecule has 4 nitrogen and oxygen atoms in total. The van der Waals surface area contributed by atoms with Crippen LogP contribution in [0.1, 0.15) is 13.3 Å². The normalized spacial score (nSPS) is 10.3. The largest absolute Gasteiger partial charge is 0.273 e. The molecule has 82 valence electrons. The quantitative estimate of drug-likeness (QED) is 0.809. The van der Waals surface area contributed by atoms with Crippen molar-refractivity contribution in [3.63, 3.8) is 0 Å². The van der Waals surface area contributed by atoms with Crippen molar-refractivity contribution in [2.75, 3.05) is 5.43 Å². The molecular weight excluding hydrogens is 222 g/mol. The van der Waals surface area contributed by atoms with Gasteiger partial charge in [-0.1, -0.05) is 19.1 Å². The fraction of sp³-hybridized carbons (Fsp3) is 0.182. The highest BCUT2D eigenvalue weighted by Crippen LogP contribution is 2.10. The molecule has 0 aromatic carbocycles. The molecule has 0 aliphatic heterocycles. The van der Waals surface area contributed by atoms with E-state index in [4.69, 9.17) is 12.2 Å². The summed E-state index contributed by atoms with van der Waals surface area (Å²) in [5.74, 6) is -0.0887. The highest BCUT2D eigenvalue weighted by atomic mass is 32.1. The number of fused-ring (bicyclic) bond motifs is 1. The van der Waals surface area contributed by atoms with Crippen molar-refractivity contribution in [2.24, 2.45) is 0 Å². The zero-order chi connectivity index (χ0) is 11.5. The van der Waals surface area contributed by atoms with Gasteiger partial charge < -0.3 is 0 Å². The Morgan fingerprint density at radius 2 is 2.31 bits per heavy atom. The van der Waals surface area contributed by atoms with Crippen molar-refractivity contribution in [3.05, 3.63) is 35.1 Å². The average Bonchev–Trinajstić information content (AvgIpc) is 2.32. The van der Waals surface area contributed by atoms with Gasteiger partial charge in [0, 0.05) is 18.0 Å². The first-order valence-electron chi connectivity index (χ1n) is 4.99. The summed E-state index contributed by atoms with van der Waals surface area (Å²) < 4.78 is 2.07. The van der Waals surface area contributed by atoms with Gasteiger partial charge in [0.05, 0.1) is 0 Å². The van der Waals surface area contributed by atoms with E-state index in [2.05, 4.69) is 10.4 Å². The van der Waals surface area contributed by atoms with Gasteiger partial charge in [0.2, 0.25) is 5.91 Å². The van der Waals surface area contributed by atoms with E-state index < -0.39 is 0 Å². The number of aromatic nitrogens is 2. The standard InChI is InChI=1S/C11H11N3OS/c1-2-9(15)13-14-10(16)6-5-8-4-3-7-12-11(8)14/h3-7H,2H2,1H3,(H,13,15). The van der Waals surface area contributed by atoms with Gasteiger partial charge in [0.1, 0.15) is 4.64 Å². The summed E-state index contributed by atoms with van der Waals surface area (Å²) in [5, 5.41) is 0.938. The van der Waals surface area contributed by atoms with E-state index in [1.807, 2.05) is 18.2 Å². The number of carbonyl (C=O) groups excluding carboxylic acids is 1. The molecular formula is C11H11N3OS. The minimum atomic E-state index is -0.0887. The van der Waals surface area contributed by atoms with Crippen molar-refractivity contribution < 1.29 is 4.79 Å². The third-order valence-electron chi connectivity index (χ3n) is 2.21. The molecule has 0 saturated heterocycles. The van der Waals surface area contributed by atoms with Crippen LogP contribution in [0.2, 0.25) is 0 Å². The third kappa shape index (κ3) is 1.94. The van der Waals surface area contributed by atoms with Crippen LogP contribution < -0.4 is 5.43 Å². The SMILES string of the molecule is CCC(=O)Nn1c(=S)ccc2cccnc21. The lowest BCUT2D eigenvalue weighted by Crippen LogP contribution is -2.23. The first-order chi connectivity index (χ1) is 7.72. The highest BCUT2D eigenvalue weighted by molar-refractivity contribution is 7.71. The summed E-state index contributed by atoms with van der Waals surface area (Å²) in [7, 11) is 0. The van der Waals surface area contributed by atoms with Gasteiger partial charge >= 0.3 is 0 Å². The lowest BCUT2D eigenvalue weighted by molar-refractivity contribution is -0.116. The van der Waals surface area contributed by atoms with Gasteiger partial charge in [-0.05, 0) is 24.3 Å². The molecule has 16 heavy (non-hydrogen) atoms. The summed E-state index contributed by atoms with van der Waals surface area (Å²) in [5.41, 5.74) is 3.38. The zero-order valence-corrected chi connectivity index (χ0v) is 9.62. The highest BCUT2D eigenvalue weighted by Gasteiger charge is 2.03. The van der Waals surface area contributed by atoms with E-state index in [0.29, 0.717) is 16.7 Å². The Bertz CT molecular complexity index is 591. The van der Waals surface area contributed by atoms with Crippen molar-refractivity contribution in [1.29, 1.82) is 0 Å². The third-order valence-corrected chi connectivity index (χ3v) is 2.53. The second-order valence-electron chi connectivity index (χ2n) is 3.31. The number of amides is 1. The number of hydrogen-bond donors (Lipinski definition) is 1. The van der Waals surface area contributed by atoms with Crippen LogP contribution in [-0.4, -0.2) is 15.6 Å². The first-order valence-corrected chi connectivity index (χ1v) is 5.40. The summed E-state index contributed by atoms with van der Waals surface area (Å²) in [4.78, 5) is 15.6. The zero-order valence-electron chi connectivity index (χ0n) is 8.80. The molecule has 0 unspecified atom stereocenters. The Labute approximate surface area is 97.9 Å². The molecule has 0 aliphatic carbocycles. The van der Waals surface area contributed by atoms with Crippen molar-refractivity contribution in [1.82, 2.24) is 9.66 Å². The maximum absolute atomic E-state index is 11.4. The molecule has 0 spiro atoms. The molecule has 0 fully saturated rings. The monoisotopic (exact) mass is 233 g/mol. The second-order valence-corrected chi connectivity index (χ2v) is 3.73. The van der Waals surface area contributed by atoms with Crippen molar-refractivity contribution in [3.8, 4) is 0 Å². The van der Waals surface area contributed by atoms with E-state index >= 15 is 0 Å².